The molecule has 0 unspecified atom stereocenters. The van der Waals surface area contributed by atoms with Crippen molar-refractivity contribution in [1.82, 2.24) is 14.8 Å². The first kappa shape index (κ1) is 26.2. The van der Waals surface area contributed by atoms with Crippen LogP contribution in [-0.2, 0) is 6.18 Å². The number of aliphatic imine (C=N–C) groups is 1. The van der Waals surface area contributed by atoms with Crippen LogP contribution in [0.3, 0.4) is 0 Å². The van der Waals surface area contributed by atoms with E-state index < -0.39 is 11.7 Å². The molecule has 1 amide bonds. The van der Waals surface area contributed by atoms with Crippen LogP contribution in [0.25, 0.3) is 5.70 Å². The fourth-order valence-electron chi connectivity index (χ4n) is 4.26. The summed E-state index contributed by atoms with van der Waals surface area (Å²) < 4.78 is 40.5. The Morgan fingerprint density at radius 3 is 2.43 bits per heavy atom. The molecule has 0 saturated heterocycles. The maximum absolute atomic E-state index is 13.5. The minimum atomic E-state index is -4.43. The summed E-state index contributed by atoms with van der Waals surface area (Å²) in [6.07, 6.45) is -0.466. The number of alkyl halides is 3. The maximum atomic E-state index is 13.5. The summed E-state index contributed by atoms with van der Waals surface area (Å²) in [5.41, 5.74) is 3.94. The summed E-state index contributed by atoms with van der Waals surface area (Å²) in [5.74, 6) is -0.317. The lowest BCUT2D eigenvalue weighted by atomic mass is 10.0. The lowest BCUT2D eigenvalue weighted by Gasteiger charge is -2.32. The maximum Gasteiger partial charge on any atom is 0.416 e. The van der Waals surface area contributed by atoms with E-state index >= 15 is 0 Å². The van der Waals surface area contributed by atoms with Gasteiger partial charge < -0.3 is 4.90 Å². The van der Waals surface area contributed by atoms with Gasteiger partial charge in [0.1, 0.15) is 5.69 Å². The van der Waals surface area contributed by atoms with E-state index in [1.165, 1.54) is 17.0 Å². The molecular formula is C25H26F3N5OS. The Morgan fingerprint density at radius 2 is 1.80 bits per heavy atom. The zero-order chi connectivity index (χ0) is 23.3. The normalized spacial score (nSPS) is 17.5. The largest absolute Gasteiger partial charge is 0.416 e. The van der Waals surface area contributed by atoms with Gasteiger partial charge in [-0.05, 0) is 55.8 Å². The molecule has 0 N–H and O–H groups in total. The van der Waals surface area contributed by atoms with E-state index in [0.717, 1.165) is 29.1 Å². The van der Waals surface area contributed by atoms with Crippen LogP contribution in [0.4, 0.5) is 18.9 Å². The van der Waals surface area contributed by atoms with Gasteiger partial charge in [0.2, 0.25) is 0 Å². The Labute approximate surface area is 208 Å². The molecule has 0 aliphatic carbocycles. The van der Waals surface area contributed by atoms with Crippen molar-refractivity contribution < 1.29 is 18.0 Å². The van der Waals surface area contributed by atoms with Gasteiger partial charge in [-0.3, -0.25) is 19.5 Å². The highest BCUT2D eigenvalue weighted by molar-refractivity contribution is 7.59. The molecule has 0 radical (unpaired) electrons. The number of amides is 1. The molecular weight excluding hydrogens is 475 g/mol. The summed E-state index contributed by atoms with van der Waals surface area (Å²) in [4.78, 5) is 24.1. The van der Waals surface area contributed by atoms with Crippen LogP contribution in [0.5, 0.6) is 0 Å². The van der Waals surface area contributed by atoms with Gasteiger partial charge in [-0.2, -0.15) is 31.8 Å². The third-order valence-electron chi connectivity index (χ3n) is 5.91. The van der Waals surface area contributed by atoms with Gasteiger partial charge in [0.15, 0.2) is 0 Å². The minimum Gasteiger partial charge on any atom is -0.305 e. The van der Waals surface area contributed by atoms with Crippen LogP contribution in [-0.4, -0.2) is 32.9 Å². The number of hydrogen-bond donors (Lipinski definition) is 0. The van der Waals surface area contributed by atoms with Crippen molar-refractivity contribution in [3.63, 3.8) is 0 Å². The predicted molar refractivity (Wildman–Crippen MR) is 135 cm³/mol. The summed E-state index contributed by atoms with van der Waals surface area (Å²) in [6, 6.07) is 10.1. The fourth-order valence-corrected chi connectivity index (χ4v) is 4.26. The topological polar surface area (TPSA) is 63.4 Å². The molecule has 3 aromatic rings. The van der Waals surface area contributed by atoms with Crippen molar-refractivity contribution in [2.75, 3.05) is 11.4 Å². The fraction of sp³-hybridized carbons (Fsp3) is 0.280. The van der Waals surface area contributed by atoms with Crippen LogP contribution < -0.4 is 4.90 Å². The highest BCUT2D eigenvalue weighted by atomic mass is 32.1. The van der Waals surface area contributed by atoms with Crippen molar-refractivity contribution >= 4 is 36.5 Å². The molecule has 4 heterocycles. The summed E-state index contributed by atoms with van der Waals surface area (Å²) in [6.45, 7) is 4.18. The number of nitrogens with zero attached hydrogens (tertiary/aromatic N) is 5. The molecule has 184 valence electrons. The molecule has 0 spiro atoms. The standard InChI is InChI=1S/C24H20F3N5O.CH4.H2S/c1-14-11-20(19-5-3-4-10-28-19)30-21(14)18-12-29-32-15(2)13-31(23(33)22(18)32)17-8-6-16(7-9-17)24(25,26)27;;/h3-10,12,15H,11,13H2,1-2H3;1H4;1H2/t15-;;/m0../s1. The number of carbonyl (C=O) groups excluding carboxylic acids is 1. The second-order valence-corrected chi connectivity index (χ2v) is 8.24. The van der Waals surface area contributed by atoms with Crippen LogP contribution in [0.2, 0.25) is 0 Å². The quantitative estimate of drug-likeness (QED) is 0.450. The Morgan fingerprint density at radius 1 is 1.09 bits per heavy atom. The Bertz CT molecular complexity index is 1300. The van der Waals surface area contributed by atoms with E-state index in [9.17, 15) is 18.0 Å². The molecule has 0 bridgehead atoms. The van der Waals surface area contributed by atoms with E-state index in [2.05, 4.69) is 10.1 Å². The second-order valence-electron chi connectivity index (χ2n) is 8.24. The van der Waals surface area contributed by atoms with E-state index in [-0.39, 0.29) is 32.9 Å². The molecule has 1 aromatic carbocycles. The average molecular weight is 502 g/mol. The first-order chi connectivity index (χ1) is 15.7. The average Bonchev–Trinajstić information content (AvgIpc) is 3.40. The lowest BCUT2D eigenvalue weighted by molar-refractivity contribution is -0.137. The van der Waals surface area contributed by atoms with Crippen LogP contribution in [0.1, 0.15) is 61.0 Å². The molecule has 35 heavy (non-hydrogen) atoms. The molecule has 10 heteroatoms. The van der Waals surface area contributed by atoms with E-state index in [1.54, 1.807) is 17.1 Å². The van der Waals surface area contributed by atoms with Crippen molar-refractivity contribution in [3.8, 4) is 0 Å². The summed E-state index contributed by atoms with van der Waals surface area (Å²) in [5, 5.41) is 4.44. The van der Waals surface area contributed by atoms with Crippen LogP contribution in [0, 0.1) is 0 Å². The number of benzene rings is 1. The molecule has 0 fully saturated rings. The van der Waals surface area contributed by atoms with E-state index in [0.29, 0.717) is 35.6 Å². The van der Waals surface area contributed by atoms with Gasteiger partial charge in [-0.15, -0.1) is 0 Å². The van der Waals surface area contributed by atoms with E-state index in [1.807, 2.05) is 32.0 Å². The molecule has 1 atom stereocenters. The zero-order valence-corrected chi connectivity index (χ0v) is 19.5. The van der Waals surface area contributed by atoms with Crippen LogP contribution in [0.15, 0.2) is 65.4 Å². The van der Waals surface area contributed by atoms with Gasteiger partial charge in [0.25, 0.3) is 5.91 Å². The number of anilines is 1. The van der Waals surface area contributed by atoms with Gasteiger partial charge in [0, 0.05) is 24.8 Å². The molecule has 5 rings (SSSR count). The molecule has 6 nitrogen and oxygen atoms in total. The number of halogens is 3. The highest BCUT2D eigenvalue weighted by Gasteiger charge is 2.36. The van der Waals surface area contributed by atoms with Crippen molar-refractivity contribution in [1.29, 1.82) is 0 Å². The monoisotopic (exact) mass is 501 g/mol. The number of pyridine rings is 1. The molecule has 2 aromatic heterocycles. The van der Waals surface area contributed by atoms with Gasteiger partial charge >= 0.3 is 6.18 Å². The molecule has 2 aliphatic heterocycles. The van der Waals surface area contributed by atoms with Crippen LogP contribution >= 0.6 is 13.5 Å². The van der Waals surface area contributed by atoms with Crippen molar-refractivity contribution in [2.45, 2.75) is 39.9 Å². The van der Waals surface area contributed by atoms with Crippen molar-refractivity contribution in [2.24, 2.45) is 4.99 Å². The number of aromatic nitrogens is 3. The summed E-state index contributed by atoms with van der Waals surface area (Å²) >= 11 is 0. The SMILES string of the molecule is C.CC1=C(c2cnn3c2C(=O)N(c2ccc(C(F)(F)F)cc2)C[C@@H]3C)N=C(c2ccccn2)C1.S. The Kier molecular flexibility index (Phi) is 7.26. The smallest absolute Gasteiger partial charge is 0.305 e. The first-order valence-corrected chi connectivity index (χ1v) is 10.5. The van der Waals surface area contributed by atoms with E-state index in [4.69, 9.17) is 4.99 Å². The Hall–Kier alpha value is -3.40. The Balaban J connectivity index is 0.00000171. The number of fused-ring (bicyclic) bond motifs is 1. The van der Waals surface area contributed by atoms with Crippen molar-refractivity contribution in [3.05, 3.63) is 82.9 Å². The molecule has 0 saturated carbocycles. The lowest BCUT2D eigenvalue weighted by Crippen LogP contribution is -2.43. The third-order valence-corrected chi connectivity index (χ3v) is 5.91. The zero-order valence-electron chi connectivity index (χ0n) is 18.5. The number of allylic oxidation sites excluding steroid dienone is 1. The minimum absolute atomic E-state index is 0. The number of carbonyl (C=O) groups is 1. The number of hydrogen-bond acceptors (Lipinski definition) is 4. The first-order valence-electron chi connectivity index (χ1n) is 10.5. The third kappa shape index (κ3) is 4.62. The van der Waals surface area contributed by atoms with Gasteiger partial charge in [0.05, 0.1) is 40.5 Å². The van der Waals surface area contributed by atoms with Gasteiger partial charge in [-0.1, -0.05) is 13.5 Å². The molecule has 2 aliphatic rings. The number of rotatable bonds is 3. The second kappa shape index (κ2) is 9.69. The predicted octanol–water partition coefficient (Wildman–Crippen LogP) is 5.89. The van der Waals surface area contributed by atoms with Gasteiger partial charge in [-0.25, -0.2) is 0 Å². The summed E-state index contributed by atoms with van der Waals surface area (Å²) in [7, 11) is 0. The highest BCUT2D eigenvalue weighted by Crippen LogP contribution is 2.37.